The third-order valence-electron chi connectivity index (χ3n) is 3.92. The van der Waals surface area contributed by atoms with Gasteiger partial charge in [-0.3, -0.25) is 9.67 Å². The van der Waals surface area contributed by atoms with Gasteiger partial charge in [0.2, 0.25) is 0 Å². The van der Waals surface area contributed by atoms with Gasteiger partial charge in [-0.25, -0.2) is 0 Å². The van der Waals surface area contributed by atoms with Crippen LogP contribution in [0.3, 0.4) is 0 Å². The van der Waals surface area contributed by atoms with E-state index >= 15 is 0 Å². The Morgan fingerprint density at radius 2 is 1.95 bits per heavy atom. The Morgan fingerprint density at radius 1 is 1.14 bits per heavy atom. The molecule has 0 saturated heterocycles. The molecule has 0 bridgehead atoms. The number of hydrogen-bond donors (Lipinski definition) is 2. The average molecular weight is 295 g/mol. The van der Waals surface area contributed by atoms with Gasteiger partial charge in [0.25, 0.3) is 0 Å². The normalized spacial score (nSPS) is 12.2. The predicted molar refractivity (Wildman–Crippen MR) is 82.9 cm³/mol. The number of aliphatic hydroxyl groups is 1. The maximum atomic E-state index is 9.38. The van der Waals surface area contributed by atoms with Crippen LogP contribution in [-0.2, 0) is 13.0 Å². The van der Waals surface area contributed by atoms with Crippen LogP contribution in [0.1, 0.15) is 17.0 Å². The highest BCUT2D eigenvalue weighted by Gasteiger charge is 2.19. The molecular weight excluding hydrogens is 282 g/mol. The van der Waals surface area contributed by atoms with Gasteiger partial charge in [-0.15, -0.1) is 0 Å². The maximum Gasteiger partial charge on any atom is 0.199 e. The Hall–Kier alpha value is -2.24. The number of rotatable bonds is 2. The van der Waals surface area contributed by atoms with Crippen LogP contribution in [0.15, 0.2) is 42.5 Å². The highest BCUT2D eigenvalue weighted by atomic mass is 32.1. The van der Waals surface area contributed by atoms with Crippen molar-refractivity contribution in [3.05, 3.63) is 64.2 Å². The molecule has 21 heavy (non-hydrogen) atoms. The summed E-state index contributed by atoms with van der Waals surface area (Å²) >= 11 is 5.25. The Bertz CT molecular complexity index is 895. The molecule has 0 amide bonds. The van der Waals surface area contributed by atoms with Crippen LogP contribution in [0, 0.1) is 4.77 Å². The number of hydrogen-bond acceptors (Lipinski definition) is 3. The third kappa shape index (κ3) is 1.86. The van der Waals surface area contributed by atoms with Gasteiger partial charge in [-0.1, -0.05) is 30.3 Å². The molecule has 0 radical (unpaired) electrons. The van der Waals surface area contributed by atoms with Crippen LogP contribution in [0.2, 0.25) is 0 Å². The van der Waals surface area contributed by atoms with E-state index in [0.29, 0.717) is 10.6 Å². The molecule has 1 heterocycles. The van der Waals surface area contributed by atoms with Crippen LogP contribution in [0.5, 0.6) is 0 Å². The molecule has 1 aliphatic carbocycles. The molecule has 5 heteroatoms. The number of nitrogens with zero attached hydrogens (tertiary/aromatic N) is 2. The zero-order valence-corrected chi connectivity index (χ0v) is 12.0. The van der Waals surface area contributed by atoms with E-state index in [4.69, 9.17) is 12.2 Å². The van der Waals surface area contributed by atoms with Gasteiger partial charge in [0, 0.05) is 0 Å². The lowest BCUT2D eigenvalue weighted by Gasteiger charge is -2.08. The summed E-state index contributed by atoms with van der Waals surface area (Å²) in [7, 11) is 0. The van der Waals surface area contributed by atoms with Crippen molar-refractivity contribution >= 4 is 12.2 Å². The molecule has 0 fully saturated rings. The number of aliphatic hydroxyl groups excluding tert-OH is 1. The Balaban J connectivity index is 1.87. The van der Waals surface area contributed by atoms with Crippen LogP contribution in [0.4, 0.5) is 0 Å². The summed E-state index contributed by atoms with van der Waals surface area (Å²) in [4.78, 5) is 0. The largest absolute Gasteiger partial charge is 0.388 e. The van der Waals surface area contributed by atoms with Gasteiger partial charge in [-0.05, 0) is 53.0 Å². The third-order valence-corrected chi connectivity index (χ3v) is 4.19. The molecule has 1 aromatic heterocycles. The van der Waals surface area contributed by atoms with E-state index in [2.05, 4.69) is 46.6 Å². The summed E-state index contributed by atoms with van der Waals surface area (Å²) in [5.41, 5.74) is 6.14. The predicted octanol–water partition coefficient (Wildman–Crippen LogP) is 2.99. The topological polar surface area (TPSA) is 53.8 Å². The van der Waals surface area contributed by atoms with E-state index < -0.39 is 0 Å². The Morgan fingerprint density at radius 3 is 2.81 bits per heavy atom. The summed E-state index contributed by atoms with van der Waals surface area (Å²) in [5.74, 6) is 0.524. The first kappa shape index (κ1) is 12.5. The van der Waals surface area contributed by atoms with E-state index in [-0.39, 0.29) is 6.61 Å². The molecule has 104 valence electrons. The van der Waals surface area contributed by atoms with E-state index in [9.17, 15) is 5.11 Å². The van der Waals surface area contributed by atoms with Gasteiger partial charge in [-0.2, -0.15) is 5.10 Å². The van der Waals surface area contributed by atoms with Crippen molar-refractivity contribution in [2.24, 2.45) is 0 Å². The molecule has 2 N–H and O–H groups in total. The van der Waals surface area contributed by atoms with E-state index in [1.807, 2.05) is 6.07 Å². The zero-order valence-electron chi connectivity index (χ0n) is 11.2. The average Bonchev–Trinajstić information content (AvgIpc) is 3.06. The standard InChI is InChI=1S/C16H13N3OS/c20-9-15-17-18-16(21)19(15)12-5-6-14-11(8-12)7-10-3-1-2-4-13(10)14/h1-6,8,20H,7,9H2,(H,18,21). The van der Waals surface area contributed by atoms with Crippen LogP contribution < -0.4 is 0 Å². The molecule has 4 nitrogen and oxygen atoms in total. The van der Waals surface area contributed by atoms with E-state index in [1.165, 1.54) is 22.3 Å². The minimum atomic E-state index is -0.148. The quantitative estimate of drug-likeness (QED) is 0.559. The number of aromatic nitrogens is 3. The fourth-order valence-corrected chi connectivity index (χ4v) is 3.23. The van der Waals surface area contributed by atoms with Crippen molar-refractivity contribution < 1.29 is 5.11 Å². The fourth-order valence-electron chi connectivity index (χ4n) is 2.97. The van der Waals surface area contributed by atoms with Gasteiger partial charge < -0.3 is 5.11 Å². The number of benzene rings is 2. The number of fused-ring (bicyclic) bond motifs is 3. The first-order valence-corrected chi connectivity index (χ1v) is 7.17. The first-order valence-electron chi connectivity index (χ1n) is 6.76. The van der Waals surface area contributed by atoms with Gasteiger partial charge in [0.15, 0.2) is 10.6 Å². The van der Waals surface area contributed by atoms with Crippen molar-refractivity contribution in [2.75, 3.05) is 0 Å². The fraction of sp³-hybridized carbons (Fsp3) is 0.125. The minimum absolute atomic E-state index is 0.148. The number of aromatic amines is 1. The molecular formula is C16H13N3OS. The lowest BCUT2D eigenvalue weighted by Crippen LogP contribution is -2.01. The van der Waals surface area contributed by atoms with Crippen molar-refractivity contribution in [1.82, 2.24) is 14.8 Å². The van der Waals surface area contributed by atoms with Crippen LogP contribution >= 0.6 is 12.2 Å². The highest BCUT2D eigenvalue weighted by molar-refractivity contribution is 7.71. The van der Waals surface area contributed by atoms with E-state index in [1.54, 1.807) is 4.57 Å². The maximum absolute atomic E-state index is 9.38. The summed E-state index contributed by atoms with van der Waals surface area (Å²) < 4.78 is 2.27. The van der Waals surface area contributed by atoms with Crippen molar-refractivity contribution in [2.45, 2.75) is 13.0 Å². The second-order valence-electron chi connectivity index (χ2n) is 5.11. The summed E-state index contributed by atoms with van der Waals surface area (Å²) in [6.07, 6.45) is 0.930. The minimum Gasteiger partial charge on any atom is -0.388 e. The van der Waals surface area contributed by atoms with Gasteiger partial charge in [0.1, 0.15) is 6.61 Å². The first-order chi connectivity index (χ1) is 10.3. The second-order valence-corrected chi connectivity index (χ2v) is 5.50. The summed E-state index contributed by atoms with van der Waals surface area (Å²) in [6.45, 7) is -0.148. The molecule has 0 aliphatic heterocycles. The van der Waals surface area contributed by atoms with E-state index in [0.717, 1.165) is 12.1 Å². The smallest absolute Gasteiger partial charge is 0.199 e. The lowest BCUT2D eigenvalue weighted by molar-refractivity contribution is 0.269. The molecule has 3 aromatic rings. The molecule has 1 aliphatic rings. The molecule has 0 spiro atoms. The Labute approximate surface area is 126 Å². The molecule has 2 aromatic carbocycles. The van der Waals surface area contributed by atoms with Crippen molar-refractivity contribution in [3.8, 4) is 16.8 Å². The summed E-state index contributed by atoms with van der Waals surface area (Å²) in [5, 5.41) is 16.1. The van der Waals surface area contributed by atoms with Gasteiger partial charge in [0.05, 0.1) is 5.69 Å². The monoisotopic (exact) mass is 295 g/mol. The second kappa shape index (κ2) is 4.65. The zero-order chi connectivity index (χ0) is 14.4. The molecule has 0 saturated carbocycles. The SMILES string of the molecule is OCc1n[nH]c(=S)n1-c1ccc2c(c1)Cc1ccccc1-2. The van der Waals surface area contributed by atoms with Gasteiger partial charge >= 0.3 is 0 Å². The lowest BCUT2D eigenvalue weighted by atomic mass is 10.1. The molecule has 4 rings (SSSR count). The number of nitrogens with one attached hydrogen (secondary N) is 1. The Kier molecular flexibility index (Phi) is 2.77. The van der Waals surface area contributed by atoms with Crippen molar-refractivity contribution in [1.29, 1.82) is 0 Å². The van der Waals surface area contributed by atoms with Crippen molar-refractivity contribution in [3.63, 3.8) is 0 Å². The highest BCUT2D eigenvalue weighted by Crippen LogP contribution is 2.37. The van der Waals surface area contributed by atoms with Crippen LogP contribution in [-0.4, -0.2) is 19.9 Å². The van der Waals surface area contributed by atoms with Crippen LogP contribution in [0.25, 0.3) is 16.8 Å². The summed E-state index contributed by atoms with van der Waals surface area (Å²) in [6, 6.07) is 14.7. The molecule has 0 atom stereocenters. The number of H-pyrrole nitrogens is 1. The molecule has 0 unspecified atom stereocenters.